The van der Waals surface area contributed by atoms with Gasteiger partial charge in [0, 0.05) is 24.9 Å². The second-order valence-corrected chi connectivity index (χ2v) is 6.11. The van der Waals surface area contributed by atoms with Crippen LogP contribution in [0.3, 0.4) is 0 Å². The number of pyridine rings is 2. The van der Waals surface area contributed by atoms with Crippen molar-refractivity contribution in [2.75, 3.05) is 6.61 Å². The predicted octanol–water partition coefficient (Wildman–Crippen LogP) is 2.95. The fraction of sp³-hybridized carbons (Fsp3) is 0.500. The second kappa shape index (κ2) is 11.1. The lowest BCUT2D eigenvalue weighted by molar-refractivity contribution is -0.143. The van der Waals surface area contributed by atoms with Gasteiger partial charge >= 0.3 is 5.97 Å². The zero-order chi connectivity index (χ0) is 20.4. The zero-order valence-electron chi connectivity index (χ0n) is 16.6. The highest BCUT2D eigenvalue weighted by molar-refractivity contribution is 5.95. The minimum absolute atomic E-state index is 0.00463. The summed E-state index contributed by atoms with van der Waals surface area (Å²) in [5, 5.41) is 0.425. The van der Waals surface area contributed by atoms with Crippen LogP contribution < -0.4 is 11.2 Å². The van der Waals surface area contributed by atoms with E-state index >= 15 is 0 Å². The van der Waals surface area contributed by atoms with E-state index in [0.29, 0.717) is 30.6 Å². The van der Waals surface area contributed by atoms with Crippen LogP contribution in [0.1, 0.15) is 62.5 Å². The van der Waals surface area contributed by atoms with Gasteiger partial charge in [-0.1, -0.05) is 19.8 Å². The fourth-order valence-corrected chi connectivity index (χ4v) is 2.53. The van der Waals surface area contributed by atoms with Crippen LogP contribution in [-0.2, 0) is 16.1 Å². The van der Waals surface area contributed by atoms with Crippen molar-refractivity contribution in [1.82, 2.24) is 9.55 Å². The molecule has 0 fully saturated rings. The number of fused-ring (bicyclic) bond motifs is 1. The first-order chi connectivity index (χ1) is 12.8. The van der Waals surface area contributed by atoms with Crippen LogP contribution >= 0.6 is 0 Å². The summed E-state index contributed by atoms with van der Waals surface area (Å²) in [5.41, 5.74) is 6.24. The van der Waals surface area contributed by atoms with Crippen LogP contribution in [0.25, 0.3) is 11.0 Å². The highest BCUT2D eigenvalue weighted by atomic mass is 16.5. The number of amides is 1. The maximum absolute atomic E-state index is 12.0. The first-order valence-corrected chi connectivity index (χ1v) is 9.31. The van der Waals surface area contributed by atoms with Gasteiger partial charge in [-0.05, 0) is 39.3 Å². The van der Waals surface area contributed by atoms with Gasteiger partial charge in [-0.15, -0.1) is 0 Å². The average Bonchev–Trinajstić information content (AvgIpc) is 2.62. The Balaban J connectivity index is 0.000000314. The predicted molar refractivity (Wildman–Crippen MR) is 106 cm³/mol. The first kappa shape index (κ1) is 22.3. The Morgan fingerprint density at radius 1 is 1.19 bits per heavy atom. The molecule has 0 spiro atoms. The Morgan fingerprint density at radius 2 is 1.89 bits per heavy atom. The summed E-state index contributed by atoms with van der Waals surface area (Å²) in [6.45, 7) is 8.84. The number of carbonyl (C=O) groups excluding carboxylic acids is 2. The van der Waals surface area contributed by atoms with Crippen molar-refractivity contribution < 1.29 is 14.3 Å². The summed E-state index contributed by atoms with van der Waals surface area (Å²) in [6, 6.07) is 3.42. The monoisotopic (exact) mass is 375 g/mol. The van der Waals surface area contributed by atoms with Gasteiger partial charge in [-0.3, -0.25) is 14.4 Å². The maximum Gasteiger partial charge on any atom is 0.305 e. The first-order valence-electron chi connectivity index (χ1n) is 9.31. The molecule has 7 nitrogen and oxygen atoms in total. The van der Waals surface area contributed by atoms with Crippen LogP contribution in [0, 0.1) is 6.92 Å². The maximum atomic E-state index is 12.0. The second-order valence-electron chi connectivity index (χ2n) is 6.11. The molecule has 0 aliphatic rings. The number of aryl methyl sites for hydroxylation is 2. The largest absolute Gasteiger partial charge is 0.466 e. The van der Waals surface area contributed by atoms with Crippen LogP contribution in [-0.4, -0.2) is 28.0 Å². The Bertz CT molecular complexity index is 843. The molecular formula is C20H29N3O4. The van der Waals surface area contributed by atoms with Crippen LogP contribution in [0.15, 0.2) is 23.1 Å². The molecule has 0 unspecified atom stereocenters. The van der Waals surface area contributed by atoms with E-state index in [0.717, 1.165) is 25.0 Å². The molecule has 27 heavy (non-hydrogen) atoms. The molecule has 0 saturated carbocycles. The van der Waals surface area contributed by atoms with Crippen molar-refractivity contribution in [3.05, 3.63) is 39.8 Å². The smallest absolute Gasteiger partial charge is 0.305 e. The number of esters is 1. The molecule has 0 aliphatic carbocycles. The van der Waals surface area contributed by atoms with Crippen molar-refractivity contribution in [2.45, 2.75) is 59.9 Å². The zero-order valence-corrected chi connectivity index (χ0v) is 16.6. The molecule has 0 bridgehead atoms. The SMILES string of the molecule is CCCCCC(=O)OCC.CCn1cc(C(N)=O)c(=O)c2ccc(C)nc21. The van der Waals surface area contributed by atoms with Gasteiger partial charge in [-0.2, -0.15) is 0 Å². The van der Waals surface area contributed by atoms with Crippen molar-refractivity contribution in [3.8, 4) is 0 Å². The van der Waals surface area contributed by atoms with E-state index in [1.165, 1.54) is 6.20 Å². The van der Waals surface area contributed by atoms with Crippen molar-refractivity contribution >= 4 is 22.9 Å². The van der Waals surface area contributed by atoms with Crippen LogP contribution in [0.2, 0.25) is 0 Å². The molecule has 0 atom stereocenters. The van der Waals surface area contributed by atoms with E-state index in [1.807, 2.05) is 20.8 Å². The van der Waals surface area contributed by atoms with Crippen LogP contribution in [0.5, 0.6) is 0 Å². The normalized spacial score (nSPS) is 10.2. The average molecular weight is 375 g/mol. The molecule has 2 heterocycles. The number of hydrogen-bond acceptors (Lipinski definition) is 5. The molecular weight excluding hydrogens is 346 g/mol. The number of nitrogens with two attached hydrogens (primary N) is 1. The molecule has 2 aromatic rings. The van der Waals surface area contributed by atoms with E-state index in [4.69, 9.17) is 10.5 Å². The molecule has 2 rings (SSSR count). The van der Waals surface area contributed by atoms with E-state index < -0.39 is 5.91 Å². The Morgan fingerprint density at radius 3 is 2.44 bits per heavy atom. The molecule has 7 heteroatoms. The molecule has 0 radical (unpaired) electrons. The van der Waals surface area contributed by atoms with E-state index in [9.17, 15) is 14.4 Å². The Hall–Kier alpha value is -2.70. The van der Waals surface area contributed by atoms with Crippen molar-refractivity contribution in [1.29, 1.82) is 0 Å². The fourth-order valence-electron chi connectivity index (χ4n) is 2.53. The van der Waals surface area contributed by atoms with Crippen molar-refractivity contribution in [2.24, 2.45) is 5.73 Å². The quantitative estimate of drug-likeness (QED) is 0.592. The van der Waals surface area contributed by atoms with Gasteiger partial charge in [0.15, 0.2) is 0 Å². The van der Waals surface area contributed by atoms with Gasteiger partial charge in [0.2, 0.25) is 5.43 Å². The molecule has 2 N–H and O–H groups in total. The van der Waals surface area contributed by atoms with Gasteiger partial charge < -0.3 is 15.0 Å². The number of carbonyl (C=O) groups is 2. The third-order valence-electron chi connectivity index (χ3n) is 3.96. The Labute approximate surface area is 159 Å². The number of primary amides is 1. The summed E-state index contributed by atoms with van der Waals surface area (Å²) in [4.78, 5) is 38.2. The third kappa shape index (κ3) is 6.51. The van der Waals surface area contributed by atoms with Gasteiger partial charge in [0.25, 0.3) is 5.91 Å². The minimum Gasteiger partial charge on any atom is -0.466 e. The number of unbranched alkanes of at least 4 members (excludes halogenated alkanes) is 2. The lowest BCUT2D eigenvalue weighted by Crippen LogP contribution is -2.24. The highest BCUT2D eigenvalue weighted by Crippen LogP contribution is 2.10. The molecule has 148 valence electrons. The topological polar surface area (TPSA) is 104 Å². The third-order valence-corrected chi connectivity index (χ3v) is 3.96. The molecule has 1 amide bonds. The number of aromatic nitrogens is 2. The lowest BCUT2D eigenvalue weighted by Gasteiger charge is -2.09. The summed E-state index contributed by atoms with van der Waals surface area (Å²) in [6.07, 6.45) is 5.30. The van der Waals surface area contributed by atoms with E-state index in [2.05, 4.69) is 11.9 Å². The number of ether oxygens (including phenoxy) is 1. The summed E-state index contributed by atoms with van der Waals surface area (Å²) in [5.74, 6) is -0.768. The van der Waals surface area contributed by atoms with Gasteiger partial charge in [0.05, 0.1) is 12.0 Å². The summed E-state index contributed by atoms with van der Waals surface area (Å²) < 4.78 is 6.50. The van der Waals surface area contributed by atoms with E-state index in [-0.39, 0.29) is 17.0 Å². The molecule has 0 saturated heterocycles. The number of nitrogens with zero attached hydrogens (tertiary/aromatic N) is 2. The number of rotatable bonds is 7. The minimum atomic E-state index is -0.709. The standard InChI is InChI=1S/C12H13N3O2.C8H16O2/c1-3-15-6-9(11(13)17)10(16)8-5-4-7(2)14-12(8)15;1-3-5-6-7-8(9)10-4-2/h4-6H,3H2,1-2H3,(H2,13,17);3-7H2,1-2H3. The van der Waals surface area contributed by atoms with Gasteiger partial charge in [0.1, 0.15) is 11.2 Å². The van der Waals surface area contributed by atoms with Crippen LogP contribution in [0.4, 0.5) is 0 Å². The molecule has 0 aromatic carbocycles. The number of hydrogen-bond donors (Lipinski definition) is 1. The summed E-state index contributed by atoms with van der Waals surface area (Å²) >= 11 is 0. The summed E-state index contributed by atoms with van der Waals surface area (Å²) in [7, 11) is 0. The Kier molecular flexibility index (Phi) is 9.19. The van der Waals surface area contributed by atoms with Gasteiger partial charge in [-0.25, -0.2) is 4.98 Å². The lowest BCUT2D eigenvalue weighted by atomic mass is 10.1. The molecule has 0 aliphatic heterocycles. The van der Waals surface area contributed by atoms with Crippen molar-refractivity contribution in [3.63, 3.8) is 0 Å². The van der Waals surface area contributed by atoms with E-state index in [1.54, 1.807) is 16.7 Å². The molecule has 2 aromatic heterocycles. The highest BCUT2D eigenvalue weighted by Gasteiger charge is 2.13.